The first kappa shape index (κ1) is 20.5. The highest BCUT2D eigenvalue weighted by molar-refractivity contribution is 5.80. The summed E-state index contributed by atoms with van der Waals surface area (Å²) in [5.74, 6) is 2.53. The average molecular weight is 406 g/mol. The van der Waals surface area contributed by atoms with Crippen molar-refractivity contribution in [3.05, 3.63) is 59.4 Å². The SMILES string of the molecule is Cc1ccc(OCCCn2c(CCCNC(=O)C3CC3)nc3ccccc32)c(C)c1. The lowest BCUT2D eigenvalue weighted by Gasteiger charge is -2.12. The highest BCUT2D eigenvalue weighted by atomic mass is 16.5. The van der Waals surface area contributed by atoms with Crippen LogP contribution in [0.25, 0.3) is 11.0 Å². The zero-order chi connectivity index (χ0) is 20.9. The van der Waals surface area contributed by atoms with Gasteiger partial charge in [0.05, 0.1) is 17.6 Å². The van der Waals surface area contributed by atoms with E-state index >= 15 is 0 Å². The zero-order valence-electron chi connectivity index (χ0n) is 18.0. The molecule has 1 aliphatic rings. The minimum atomic E-state index is 0.215. The molecule has 2 aromatic carbocycles. The van der Waals surface area contributed by atoms with E-state index in [1.807, 2.05) is 6.07 Å². The number of para-hydroxylation sites is 2. The maximum absolute atomic E-state index is 11.8. The minimum absolute atomic E-state index is 0.215. The number of imidazole rings is 1. The summed E-state index contributed by atoms with van der Waals surface area (Å²) in [6, 6.07) is 14.6. The second kappa shape index (κ2) is 9.33. The second-order valence-electron chi connectivity index (χ2n) is 8.31. The summed E-state index contributed by atoms with van der Waals surface area (Å²) < 4.78 is 8.32. The van der Waals surface area contributed by atoms with Crippen LogP contribution in [-0.4, -0.2) is 28.6 Å². The number of carbonyl (C=O) groups is 1. The normalized spacial score (nSPS) is 13.5. The lowest BCUT2D eigenvalue weighted by Crippen LogP contribution is -2.26. The van der Waals surface area contributed by atoms with Crippen molar-refractivity contribution >= 4 is 16.9 Å². The molecule has 0 bridgehead atoms. The number of rotatable bonds is 10. The van der Waals surface area contributed by atoms with Crippen LogP contribution in [0.5, 0.6) is 5.75 Å². The molecule has 1 heterocycles. The zero-order valence-corrected chi connectivity index (χ0v) is 18.0. The molecular formula is C25H31N3O2. The number of nitrogens with zero attached hydrogens (tertiary/aromatic N) is 2. The quantitative estimate of drug-likeness (QED) is 0.502. The molecule has 0 radical (unpaired) electrons. The third-order valence-corrected chi connectivity index (χ3v) is 5.67. The molecule has 5 heteroatoms. The van der Waals surface area contributed by atoms with Crippen molar-refractivity contribution in [3.8, 4) is 5.75 Å². The van der Waals surface area contributed by atoms with Crippen LogP contribution in [0.15, 0.2) is 42.5 Å². The molecule has 1 amide bonds. The van der Waals surface area contributed by atoms with Gasteiger partial charge >= 0.3 is 0 Å². The van der Waals surface area contributed by atoms with E-state index in [1.165, 1.54) is 16.6 Å². The molecule has 0 atom stereocenters. The molecule has 5 nitrogen and oxygen atoms in total. The Morgan fingerprint density at radius 3 is 2.80 bits per heavy atom. The predicted octanol–water partition coefficient (Wildman–Crippen LogP) is 4.58. The third kappa shape index (κ3) is 5.02. The van der Waals surface area contributed by atoms with Gasteiger partial charge in [0.2, 0.25) is 5.91 Å². The van der Waals surface area contributed by atoms with Crippen molar-refractivity contribution in [2.24, 2.45) is 5.92 Å². The van der Waals surface area contributed by atoms with Crippen molar-refractivity contribution in [3.63, 3.8) is 0 Å². The molecule has 1 aromatic heterocycles. The van der Waals surface area contributed by atoms with Crippen LogP contribution in [-0.2, 0) is 17.8 Å². The molecule has 3 aromatic rings. The third-order valence-electron chi connectivity index (χ3n) is 5.67. The van der Waals surface area contributed by atoms with Gasteiger partial charge in [-0.3, -0.25) is 4.79 Å². The largest absolute Gasteiger partial charge is 0.493 e. The number of hydrogen-bond donors (Lipinski definition) is 1. The van der Waals surface area contributed by atoms with Crippen molar-refractivity contribution in [1.29, 1.82) is 0 Å². The van der Waals surface area contributed by atoms with E-state index in [0.29, 0.717) is 13.2 Å². The molecule has 1 aliphatic carbocycles. The molecule has 1 fully saturated rings. The number of aromatic nitrogens is 2. The number of hydrogen-bond acceptors (Lipinski definition) is 3. The number of ether oxygens (including phenoxy) is 1. The summed E-state index contributed by atoms with van der Waals surface area (Å²) in [5.41, 5.74) is 4.63. The molecule has 1 N–H and O–H groups in total. The fourth-order valence-corrected chi connectivity index (χ4v) is 3.88. The van der Waals surface area contributed by atoms with E-state index in [2.05, 4.69) is 60.1 Å². The van der Waals surface area contributed by atoms with Gasteiger partial charge in [-0.25, -0.2) is 4.98 Å². The Kier molecular flexibility index (Phi) is 6.36. The number of benzene rings is 2. The van der Waals surface area contributed by atoms with Crippen LogP contribution < -0.4 is 10.1 Å². The Balaban J connectivity index is 1.34. The Morgan fingerprint density at radius 1 is 1.17 bits per heavy atom. The Hall–Kier alpha value is -2.82. The van der Waals surface area contributed by atoms with Crippen LogP contribution in [0.2, 0.25) is 0 Å². The van der Waals surface area contributed by atoms with E-state index in [4.69, 9.17) is 9.72 Å². The molecule has 0 spiro atoms. The van der Waals surface area contributed by atoms with Gasteiger partial charge < -0.3 is 14.6 Å². The minimum Gasteiger partial charge on any atom is -0.493 e. The first-order valence-electron chi connectivity index (χ1n) is 11.0. The number of fused-ring (bicyclic) bond motifs is 1. The summed E-state index contributed by atoms with van der Waals surface area (Å²) >= 11 is 0. The molecule has 30 heavy (non-hydrogen) atoms. The lowest BCUT2D eigenvalue weighted by molar-refractivity contribution is -0.122. The molecule has 0 saturated heterocycles. The topological polar surface area (TPSA) is 56.1 Å². The first-order chi connectivity index (χ1) is 14.6. The molecular weight excluding hydrogens is 374 g/mol. The van der Waals surface area contributed by atoms with Crippen LogP contribution >= 0.6 is 0 Å². The number of nitrogens with one attached hydrogen (secondary N) is 1. The second-order valence-corrected chi connectivity index (χ2v) is 8.31. The highest BCUT2D eigenvalue weighted by Gasteiger charge is 2.29. The maximum Gasteiger partial charge on any atom is 0.223 e. The van der Waals surface area contributed by atoms with Crippen molar-refractivity contribution < 1.29 is 9.53 Å². The van der Waals surface area contributed by atoms with Crippen LogP contribution in [0, 0.1) is 19.8 Å². The maximum atomic E-state index is 11.8. The fraction of sp³-hybridized carbons (Fsp3) is 0.440. The van der Waals surface area contributed by atoms with Crippen LogP contribution in [0.4, 0.5) is 0 Å². The van der Waals surface area contributed by atoms with E-state index in [9.17, 15) is 4.79 Å². The number of amides is 1. The average Bonchev–Trinajstić information content (AvgIpc) is 3.53. The van der Waals surface area contributed by atoms with Crippen LogP contribution in [0.3, 0.4) is 0 Å². The lowest BCUT2D eigenvalue weighted by atomic mass is 10.1. The summed E-state index contributed by atoms with van der Waals surface area (Å²) in [6.45, 7) is 6.45. The number of carbonyl (C=O) groups excluding carboxylic acids is 1. The van der Waals surface area contributed by atoms with Gasteiger partial charge in [-0.05, 0) is 63.3 Å². The van der Waals surface area contributed by atoms with Gasteiger partial charge in [0, 0.05) is 25.4 Å². The first-order valence-corrected chi connectivity index (χ1v) is 11.0. The summed E-state index contributed by atoms with van der Waals surface area (Å²) in [6.07, 6.45) is 4.77. The Morgan fingerprint density at radius 2 is 2.00 bits per heavy atom. The van der Waals surface area contributed by atoms with Gasteiger partial charge in [0.15, 0.2) is 0 Å². The molecule has 4 rings (SSSR count). The summed E-state index contributed by atoms with van der Waals surface area (Å²) in [4.78, 5) is 16.7. The molecule has 158 valence electrons. The van der Waals surface area contributed by atoms with Gasteiger partial charge in [0.1, 0.15) is 11.6 Å². The van der Waals surface area contributed by atoms with Crippen molar-refractivity contribution in [2.75, 3.05) is 13.2 Å². The van der Waals surface area contributed by atoms with Crippen LogP contribution in [0.1, 0.15) is 42.6 Å². The monoisotopic (exact) mass is 405 g/mol. The molecule has 1 saturated carbocycles. The molecule has 0 aliphatic heterocycles. The van der Waals surface area contributed by atoms with E-state index in [1.54, 1.807) is 0 Å². The summed E-state index contributed by atoms with van der Waals surface area (Å²) in [7, 11) is 0. The predicted molar refractivity (Wildman–Crippen MR) is 120 cm³/mol. The van der Waals surface area contributed by atoms with Gasteiger partial charge in [-0.1, -0.05) is 29.8 Å². The summed E-state index contributed by atoms with van der Waals surface area (Å²) in [5, 5.41) is 3.05. The van der Waals surface area contributed by atoms with E-state index < -0.39 is 0 Å². The van der Waals surface area contributed by atoms with Gasteiger partial charge in [-0.15, -0.1) is 0 Å². The van der Waals surface area contributed by atoms with Crippen molar-refractivity contribution in [1.82, 2.24) is 14.9 Å². The van der Waals surface area contributed by atoms with Gasteiger partial charge in [0.25, 0.3) is 0 Å². The number of aryl methyl sites for hydroxylation is 4. The van der Waals surface area contributed by atoms with E-state index in [-0.39, 0.29) is 11.8 Å². The van der Waals surface area contributed by atoms with Gasteiger partial charge in [-0.2, -0.15) is 0 Å². The van der Waals surface area contributed by atoms with E-state index in [0.717, 1.165) is 55.7 Å². The van der Waals surface area contributed by atoms with Crippen molar-refractivity contribution in [2.45, 2.75) is 52.5 Å². The Labute approximate surface area is 178 Å². The smallest absolute Gasteiger partial charge is 0.223 e. The standard InChI is InChI=1S/C25H31N3O2/c1-18-10-13-23(19(2)17-18)30-16-6-15-28-22-8-4-3-7-21(22)27-24(28)9-5-14-26-25(29)20-11-12-20/h3-4,7-8,10,13,17,20H,5-6,9,11-12,14-16H2,1-2H3,(H,26,29). The fourth-order valence-electron chi connectivity index (χ4n) is 3.88. The highest BCUT2D eigenvalue weighted by Crippen LogP contribution is 2.28. The Bertz CT molecular complexity index is 1020. The molecule has 0 unspecified atom stereocenters.